The summed E-state index contributed by atoms with van der Waals surface area (Å²) in [6.45, 7) is 2.36. The van der Waals surface area contributed by atoms with E-state index in [-0.39, 0.29) is 6.54 Å². The van der Waals surface area contributed by atoms with Gasteiger partial charge in [0.05, 0.1) is 21.8 Å². The van der Waals surface area contributed by atoms with Gasteiger partial charge in [0.15, 0.2) is 0 Å². The second-order valence-corrected chi connectivity index (χ2v) is 4.97. The standard InChI is InChI=1S/C12H12N4OS/c1-2-11-14-8-4-3-7(5-9(8)18-11)12-15-10(6-13)17-16-12/h3-5H,2,6,13H2,1H3. The van der Waals surface area contributed by atoms with Gasteiger partial charge in [0, 0.05) is 5.56 Å². The van der Waals surface area contributed by atoms with Gasteiger partial charge in [-0.1, -0.05) is 12.1 Å². The van der Waals surface area contributed by atoms with Gasteiger partial charge in [0.2, 0.25) is 11.7 Å². The number of benzene rings is 1. The van der Waals surface area contributed by atoms with Gasteiger partial charge in [-0.05, 0) is 24.6 Å². The van der Waals surface area contributed by atoms with E-state index in [9.17, 15) is 0 Å². The van der Waals surface area contributed by atoms with Crippen LogP contribution in [0.5, 0.6) is 0 Å². The molecule has 6 heteroatoms. The highest BCUT2D eigenvalue weighted by atomic mass is 32.1. The van der Waals surface area contributed by atoms with Gasteiger partial charge in [-0.15, -0.1) is 11.3 Å². The second-order valence-electron chi connectivity index (χ2n) is 3.86. The number of fused-ring (bicyclic) bond motifs is 1. The van der Waals surface area contributed by atoms with Crippen LogP contribution in [-0.2, 0) is 13.0 Å². The lowest BCUT2D eigenvalue weighted by Crippen LogP contribution is -1.95. The average Bonchev–Trinajstić information content (AvgIpc) is 3.03. The molecular weight excluding hydrogens is 248 g/mol. The van der Waals surface area contributed by atoms with Gasteiger partial charge in [0.25, 0.3) is 0 Å². The lowest BCUT2D eigenvalue weighted by Gasteiger charge is -1.93. The number of nitrogens with zero attached hydrogens (tertiary/aromatic N) is 3. The Morgan fingerprint density at radius 2 is 2.22 bits per heavy atom. The van der Waals surface area contributed by atoms with Crippen molar-refractivity contribution in [2.45, 2.75) is 19.9 Å². The summed E-state index contributed by atoms with van der Waals surface area (Å²) in [4.78, 5) is 8.74. The number of rotatable bonds is 3. The van der Waals surface area contributed by atoms with Crippen LogP contribution in [0.15, 0.2) is 22.7 Å². The molecule has 0 amide bonds. The van der Waals surface area contributed by atoms with Crippen molar-refractivity contribution in [2.24, 2.45) is 5.73 Å². The zero-order valence-corrected chi connectivity index (χ0v) is 10.7. The Labute approximate surface area is 108 Å². The molecule has 0 spiro atoms. The minimum absolute atomic E-state index is 0.260. The van der Waals surface area contributed by atoms with Gasteiger partial charge in [-0.3, -0.25) is 0 Å². The van der Waals surface area contributed by atoms with E-state index in [1.165, 1.54) is 0 Å². The van der Waals surface area contributed by atoms with E-state index >= 15 is 0 Å². The Hall–Kier alpha value is -1.79. The van der Waals surface area contributed by atoms with Crippen LogP contribution in [0, 0.1) is 0 Å². The molecule has 92 valence electrons. The maximum absolute atomic E-state index is 5.45. The van der Waals surface area contributed by atoms with Crippen LogP contribution in [0.25, 0.3) is 21.6 Å². The molecule has 18 heavy (non-hydrogen) atoms. The molecule has 2 aromatic heterocycles. The molecule has 0 unspecified atom stereocenters. The van der Waals surface area contributed by atoms with Gasteiger partial charge in [-0.25, -0.2) is 4.98 Å². The molecule has 0 saturated carbocycles. The third-order valence-corrected chi connectivity index (χ3v) is 3.80. The maximum Gasteiger partial charge on any atom is 0.240 e. The Balaban J connectivity index is 2.06. The number of hydrogen-bond donors (Lipinski definition) is 1. The number of aromatic nitrogens is 3. The van der Waals surface area contributed by atoms with E-state index in [1.807, 2.05) is 18.2 Å². The average molecular weight is 260 g/mol. The van der Waals surface area contributed by atoms with E-state index in [2.05, 4.69) is 22.0 Å². The Morgan fingerprint density at radius 1 is 1.33 bits per heavy atom. The van der Waals surface area contributed by atoms with Crippen LogP contribution in [-0.4, -0.2) is 15.1 Å². The number of hydrogen-bond acceptors (Lipinski definition) is 6. The van der Waals surface area contributed by atoms with Gasteiger partial charge in [-0.2, -0.15) is 4.98 Å². The third kappa shape index (κ3) is 1.89. The molecule has 5 nitrogen and oxygen atoms in total. The molecule has 0 bridgehead atoms. The molecule has 0 aliphatic carbocycles. The van der Waals surface area contributed by atoms with Gasteiger partial charge < -0.3 is 10.3 Å². The normalized spacial score (nSPS) is 11.2. The van der Waals surface area contributed by atoms with Crippen molar-refractivity contribution in [1.29, 1.82) is 0 Å². The molecule has 0 aliphatic rings. The fraction of sp³-hybridized carbons (Fsp3) is 0.250. The van der Waals surface area contributed by atoms with Gasteiger partial charge >= 0.3 is 0 Å². The maximum atomic E-state index is 5.45. The first-order valence-corrected chi connectivity index (χ1v) is 6.54. The summed E-state index contributed by atoms with van der Waals surface area (Å²) in [5.41, 5.74) is 7.39. The first-order chi connectivity index (χ1) is 8.80. The zero-order chi connectivity index (χ0) is 12.5. The molecule has 0 aliphatic heterocycles. The van der Waals surface area contributed by atoms with Crippen molar-refractivity contribution in [3.63, 3.8) is 0 Å². The summed E-state index contributed by atoms with van der Waals surface area (Å²) in [5.74, 6) is 1.02. The van der Waals surface area contributed by atoms with Crippen molar-refractivity contribution in [1.82, 2.24) is 15.1 Å². The summed E-state index contributed by atoms with van der Waals surface area (Å²) in [6.07, 6.45) is 0.953. The second kappa shape index (κ2) is 4.47. The zero-order valence-electron chi connectivity index (χ0n) is 9.88. The molecule has 2 N–H and O–H groups in total. The van der Waals surface area contributed by atoms with Crippen molar-refractivity contribution < 1.29 is 4.52 Å². The minimum atomic E-state index is 0.260. The molecule has 0 atom stereocenters. The fourth-order valence-corrected chi connectivity index (χ4v) is 2.66. The van der Waals surface area contributed by atoms with Crippen molar-refractivity contribution >= 4 is 21.6 Å². The fourth-order valence-electron chi connectivity index (χ4n) is 1.72. The van der Waals surface area contributed by atoms with Crippen molar-refractivity contribution in [2.75, 3.05) is 0 Å². The highest BCUT2D eigenvalue weighted by molar-refractivity contribution is 7.18. The van der Waals surface area contributed by atoms with E-state index in [1.54, 1.807) is 11.3 Å². The lowest BCUT2D eigenvalue weighted by atomic mass is 10.2. The summed E-state index contributed by atoms with van der Waals surface area (Å²) >= 11 is 1.70. The van der Waals surface area contributed by atoms with E-state index in [0.29, 0.717) is 11.7 Å². The van der Waals surface area contributed by atoms with E-state index < -0.39 is 0 Å². The number of nitrogens with two attached hydrogens (primary N) is 1. The predicted octanol–water partition coefficient (Wildman–Crippen LogP) is 2.37. The van der Waals surface area contributed by atoms with E-state index in [4.69, 9.17) is 10.3 Å². The highest BCUT2D eigenvalue weighted by Crippen LogP contribution is 2.27. The first-order valence-electron chi connectivity index (χ1n) is 5.72. The topological polar surface area (TPSA) is 77.8 Å². The molecule has 0 radical (unpaired) electrons. The van der Waals surface area contributed by atoms with Gasteiger partial charge in [0.1, 0.15) is 0 Å². The molecule has 1 aromatic carbocycles. The Kier molecular flexibility index (Phi) is 2.81. The van der Waals surface area contributed by atoms with Crippen LogP contribution in [0.2, 0.25) is 0 Å². The monoisotopic (exact) mass is 260 g/mol. The summed E-state index contributed by atoms with van der Waals surface area (Å²) in [5, 5.41) is 5.05. The van der Waals surface area contributed by atoms with E-state index in [0.717, 1.165) is 27.2 Å². The molecule has 0 fully saturated rings. The van der Waals surface area contributed by atoms with Crippen LogP contribution in [0.3, 0.4) is 0 Å². The Bertz CT molecular complexity index is 688. The minimum Gasteiger partial charge on any atom is -0.338 e. The highest BCUT2D eigenvalue weighted by Gasteiger charge is 2.09. The Morgan fingerprint density at radius 3 is 2.94 bits per heavy atom. The van der Waals surface area contributed by atoms with Crippen molar-refractivity contribution in [3.8, 4) is 11.4 Å². The van der Waals surface area contributed by atoms with Crippen molar-refractivity contribution in [3.05, 3.63) is 29.1 Å². The number of thiazole rings is 1. The van der Waals surface area contributed by atoms with Crippen LogP contribution in [0.1, 0.15) is 17.8 Å². The summed E-state index contributed by atoms with van der Waals surface area (Å²) in [7, 11) is 0. The van der Waals surface area contributed by atoms with Crippen LogP contribution < -0.4 is 5.73 Å². The lowest BCUT2D eigenvalue weighted by molar-refractivity contribution is 0.380. The summed E-state index contributed by atoms with van der Waals surface area (Å²) < 4.78 is 6.15. The molecule has 3 rings (SSSR count). The number of aryl methyl sites for hydroxylation is 1. The molecule has 3 aromatic rings. The SMILES string of the molecule is CCc1nc2ccc(-c3noc(CN)n3)cc2s1. The molecule has 0 saturated heterocycles. The predicted molar refractivity (Wildman–Crippen MR) is 70.2 cm³/mol. The quantitative estimate of drug-likeness (QED) is 0.782. The third-order valence-electron chi connectivity index (χ3n) is 2.64. The van der Waals surface area contributed by atoms with Crippen LogP contribution in [0.4, 0.5) is 0 Å². The first kappa shape index (κ1) is 11.3. The molecular formula is C12H12N4OS. The smallest absolute Gasteiger partial charge is 0.240 e. The van der Waals surface area contributed by atoms with Crippen LogP contribution >= 0.6 is 11.3 Å². The largest absolute Gasteiger partial charge is 0.338 e. The molecule has 2 heterocycles. The summed E-state index contributed by atoms with van der Waals surface area (Å²) in [6, 6.07) is 5.97.